The summed E-state index contributed by atoms with van der Waals surface area (Å²) in [6, 6.07) is -0.261. The molecule has 0 spiro atoms. The summed E-state index contributed by atoms with van der Waals surface area (Å²) in [6.07, 6.45) is 4.05. The van der Waals surface area contributed by atoms with Gasteiger partial charge in [-0.25, -0.2) is 18.6 Å². The fourth-order valence-electron chi connectivity index (χ4n) is 3.37. The first-order valence-electron chi connectivity index (χ1n) is 8.56. The molecule has 4 heterocycles. The Morgan fingerprint density at radius 3 is 2.96 bits per heavy atom. The molecule has 0 amide bonds. The molecule has 27 heavy (non-hydrogen) atoms. The van der Waals surface area contributed by atoms with Crippen LogP contribution in [0.2, 0.25) is 0 Å². The number of thiazole rings is 1. The molecule has 1 unspecified atom stereocenters. The van der Waals surface area contributed by atoms with E-state index in [-0.39, 0.29) is 17.9 Å². The first kappa shape index (κ1) is 17.7. The second kappa shape index (κ2) is 7.15. The van der Waals surface area contributed by atoms with E-state index in [1.165, 1.54) is 11.3 Å². The molecular formula is C18H16F2N4O2S. The zero-order chi connectivity index (χ0) is 19.0. The lowest BCUT2D eigenvalue weighted by atomic mass is 9.98. The SMILES string of the molecule is CCOC(=O)C1=C2CCCN2C(c2nccs2)=NC1c1ncc(F)cc1F. The molecule has 1 atom stereocenters. The second-order valence-corrected chi connectivity index (χ2v) is 6.94. The number of fused-ring (bicyclic) bond motifs is 1. The van der Waals surface area contributed by atoms with E-state index in [1.54, 1.807) is 13.1 Å². The molecule has 2 aromatic heterocycles. The standard InChI is InChI=1S/C18H16F2N4O2S/c1-2-26-18(25)13-12-4-3-6-24(12)16(17-21-5-7-27-17)23-15(13)14-11(20)8-10(19)9-22-14/h5,7-9,15H,2-4,6H2,1H3. The van der Waals surface area contributed by atoms with E-state index in [9.17, 15) is 13.6 Å². The fraction of sp³-hybridized carbons (Fsp3) is 0.333. The van der Waals surface area contributed by atoms with Gasteiger partial charge in [-0.15, -0.1) is 11.3 Å². The van der Waals surface area contributed by atoms with Crippen molar-refractivity contribution in [3.8, 4) is 0 Å². The van der Waals surface area contributed by atoms with E-state index in [1.807, 2.05) is 10.3 Å². The van der Waals surface area contributed by atoms with Gasteiger partial charge < -0.3 is 9.64 Å². The van der Waals surface area contributed by atoms with Crippen LogP contribution in [0, 0.1) is 11.6 Å². The van der Waals surface area contributed by atoms with Crippen molar-refractivity contribution in [1.82, 2.24) is 14.9 Å². The third-order valence-corrected chi connectivity index (χ3v) is 5.20. The van der Waals surface area contributed by atoms with E-state index in [0.717, 1.165) is 24.4 Å². The predicted molar refractivity (Wildman–Crippen MR) is 95.1 cm³/mol. The van der Waals surface area contributed by atoms with Crippen LogP contribution in [0.25, 0.3) is 0 Å². The highest BCUT2D eigenvalue weighted by Crippen LogP contribution is 2.40. The summed E-state index contributed by atoms with van der Waals surface area (Å²) in [7, 11) is 0. The molecule has 2 aliphatic rings. The first-order chi connectivity index (χ1) is 13.1. The van der Waals surface area contributed by atoms with Crippen molar-refractivity contribution in [2.24, 2.45) is 4.99 Å². The molecular weight excluding hydrogens is 374 g/mol. The molecule has 6 nitrogen and oxygen atoms in total. The Bertz CT molecular complexity index is 943. The molecule has 2 aromatic rings. The van der Waals surface area contributed by atoms with Crippen LogP contribution in [0.3, 0.4) is 0 Å². The zero-order valence-corrected chi connectivity index (χ0v) is 15.3. The van der Waals surface area contributed by atoms with Gasteiger partial charge in [-0.05, 0) is 19.8 Å². The largest absolute Gasteiger partial charge is 0.463 e. The maximum Gasteiger partial charge on any atom is 0.338 e. The zero-order valence-electron chi connectivity index (χ0n) is 14.5. The lowest BCUT2D eigenvalue weighted by Crippen LogP contribution is -2.35. The van der Waals surface area contributed by atoms with Gasteiger partial charge in [0.05, 0.1) is 18.4 Å². The Balaban J connectivity index is 1.89. The number of carbonyl (C=O) groups excluding carboxylic acids is 1. The number of hydrogen-bond donors (Lipinski definition) is 0. The number of allylic oxidation sites excluding steroid dienone is 1. The van der Waals surface area contributed by atoms with Crippen LogP contribution in [-0.2, 0) is 9.53 Å². The van der Waals surface area contributed by atoms with Crippen LogP contribution in [0.5, 0.6) is 0 Å². The summed E-state index contributed by atoms with van der Waals surface area (Å²) >= 11 is 1.41. The van der Waals surface area contributed by atoms with Crippen molar-refractivity contribution in [3.63, 3.8) is 0 Å². The summed E-state index contributed by atoms with van der Waals surface area (Å²) in [5.41, 5.74) is 0.893. The Hall–Kier alpha value is -2.68. The summed E-state index contributed by atoms with van der Waals surface area (Å²) in [6.45, 7) is 2.57. The number of ether oxygens (including phenoxy) is 1. The van der Waals surface area contributed by atoms with Gasteiger partial charge >= 0.3 is 5.97 Å². The number of aliphatic imine (C=N–C) groups is 1. The van der Waals surface area contributed by atoms with Crippen LogP contribution in [0.1, 0.15) is 36.5 Å². The van der Waals surface area contributed by atoms with Gasteiger partial charge in [-0.2, -0.15) is 0 Å². The molecule has 140 valence electrons. The van der Waals surface area contributed by atoms with Crippen molar-refractivity contribution in [1.29, 1.82) is 0 Å². The van der Waals surface area contributed by atoms with Gasteiger partial charge in [0.25, 0.3) is 0 Å². The molecule has 0 aliphatic carbocycles. The van der Waals surface area contributed by atoms with Gasteiger partial charge in [0.2, 0.25) is 0 Å². The maximum absolute atomic E-state index is 14.5. The number of halogens is 2. The minimum absolute atomic E-state index is 0.104. The van der Waals surface area contributed by atoms with Crippen molar-refractivity contribution in [3.05, 3.63) is 57.4 Å². The minimum atomic E-state index is -1.01. The van der Waals surface area contributed by atoms with Gasteiger partial charge in [0.1, 0.15) is 23.4 Å². The molecule has 9 heteroatoms. The highest BCUT2D eigenvalue weighted by molar-refractivity contribution is 7.11. The summed E-state index contributed by atoms with van der Waals surface area (Å²) in [5.74, 6) is -1.63. The van der Waals surface area contributed by atoms with Crippen molar-refractivity contribution >= 4 is 23.1 Å². The van der Waals surface area contributed by atoms with E-state index in [0.29, 0.717) is 23.8 Å². The second-order valence-electron chi connectivity index (χ2n) is 6.05. The van der Waals surface area contributed by atoms with Crippen molar-refractivity contribution < 1.29 is 18.3 Å². The number of rotatable bonds is 4. The van der Waals surface area contributed by atoms with E-state index in [4.69, 9.17) is 4.74 Å². The molecule has 0 aromatic carbocycles. The Kier molecular flexibility index (Phi) is 4.69. The van der Waals surface area contributed by atoms with Gasteiger partial charge in [-0.1, -0.05) is 0 Å². The molecule has 1 fully saturated rings. The maximum atomic E-state index is 14.5. The Morgan fingerprint density at radius 1 is 1.41 bits per heavy atom. The van der Waals surface area contributed by atoms with Gasteiger partial charge in [-0.3, -0.25) is 9.98 Å². The predicted octanol–water partition coefficient (Wildman–Crippen LogP) is 3.23. The summed E-state index contributed by atoms with van der Waals surface area (Å²) in [5, 5.41) is 2.49. The molecule has 4 rings (SSSR count). The lowest BCUT2D eigenvalue weighted by Gasteiger charge is -2.31. The number of esters is 1. The number of aromatic nitrogens is 2. The number of hydrogen-bond acceptors (Lipinski definition) is 7. The molecule has 0 saturated carbocycles. The lowest BCUT2D eigenvalue weighted by molar-refractivity contribution is -0.139. The van der Waals surface area contributed by atoms with Crippen LogP contribution < -0.4 is 0 Å². The van der Waals surface area contributed by atoms with Crippen LogP contribution in [0.15, 0.2) is 40.1 Å². The van der Waals surface area contributed by atoms with Crippen LogP contribution >= 0.6 is 11.3 Å². The number of amidine groups is 1. The fourth-order valence-corrected chi connectivity index (χ4v) is 4.01. The molecule has 0 bridgehead atoms. The highest BCUT2D eigenvalue weighted by Gasteiger charge is 2.40. The first-order valence-corrected chi connectivity index (χ1v) is 9.44. The quantitative estimate of drug-likeness (QED) is 0.750. The Labute approximate surface area is 158 Å². The van der Waals surface area contributed by atoms with Crippen molar-refractivity contribution in [2.45, 2.75) is 25.8 Å². The normalized spacial score (nSPS) is 19.1. The minimum Gasteiger partial charge on any atom is -0.463 e. The highest BCUT2D eigenvalue weighted by atomic mass is 32.1. The molecule has 0 radical (unpaired) electrons. The Morgan fingerprint density at radius 2 is 2.26 bits per heavy atom. The summed E-state index contributed by atoms with van der Waals surface area (Å²) in [4.78, 5) is 27.4. The average molecular weight is 390 g/mol. The van der Waals surface area contributed by atoms with E-state index < -0.39 is 23.6 Å². The van der Waals surface area contributed by atoms with E-state index >= 15 is 0 Å². The summed E-state index contributed by atoms with van der Waals surface area (Å²) < 4.78 is 33.0. The molecule has 0 N–H and O–H groups in total. The molecule has 2 aliphatic heterocycles. The third kappa shape index (κ3) is 3.12. The van der Waals surface area contributed by atoms with Crippen molar-refractivity contribution in [2.75, 3.05) is 13.2 Å². The smallest absolute Gasteiger partial charge is 0.338 e. The number of carbonyl (C=O) groups is 1. The number of pyridine rings is 1. The van der Waals surface area contributed by atoms with Crippen LogP contribution in [0.4, 0.5) is 8.78 Å². The van der Waals surface area contributed by atoms with Crippen LogP contribution in [-0.4, -0.2) is 39.8 Å². The van der Waals surface area contributed by atoms with E-state index in [2.05, 4.69) is 15.0 Å². The van der Waals surface area contributed by atoms with Gasteiger partial charge in [0.15, 0.2) is 10.8 Å². The average Bonchev–Trinajstić information content (AvgIpc) is 3.32. The third-order valence-electron chi connectivity index (χ3n) is 4.43. The van der Waals surface area contributed by atoms with Gasteiger partial charge in [0, 0.05) is 29.9 Å². The monoisotopic (exact) mass is 390 g/mol. The topological polar surface area (TPSA) is 67.7 Å². The molecule has 1 saturated heterocycles. The number of nitrogens with zero attached hydrogens (tertiary/aromatic N) is 4.